The van der Waals surface area contributed by atoms with Crippen molar-refractivity contribution in [1.82, 2.24) is 20.9 Å². The summed E-state index contributed by atoms with van der Waals surface area (Å²) < 4.78 is 0. The Morgan fingerprint density at radius 3 is 2.57 bits per heavy atom. The van der Waals surface area contributed by atoms with E-state index in [4.69, 9.17) is 0 Å². The molecule has 0 aromatic rings. The van der Waals surface area contributed by atoms with E-state index in [0.717, 1.165) is 31.9 Å². The zero-order valence-electron chi connectivity index (χ0n) is 13.3. The Morgan fingerprint density at radius 2 is 1.95 bits per heavy atom. The van der Waals surface area contributed by atoms with Crippen molar-refractivity contribution in [2.45, 2.75) is 38.6 Å². The minimum Gasteiger partial charge on any atom is -0.357 e. The quantitative estimate of drug-likeness (QED) is 0.356. The molecular weight excluding hydrogens is 266 g/mol. The molecule has 2 rings (SSSR count). The summed E-state index contributed by atoms with van der Waals surface area (Å²) >= 11 is 0. The number of hydrogen-bond acceptors (Lipinski definition) is 3. The molecule has 1 unspecified atom stereocenters. The molecule has 0 bridgehead atoms. The molecule has 3 N–H and O–H groups in total. The molecule has 2 aliphatic rings. The number of hydrogen-bond donors (Lipinski definition) is 3. The molecule has 1 heterocycles. The minimum absolute atomic E-state index is 0.200. The molecule has 21 heavy (non-hydrogen) atoms. The van der Waals surface area contributed by atoms with Gasteiger partial charge >= 0.3 is 0 Å². The number of carbonyl (C=O) groups excluding carboxylic acids is 1. The third-order valence-corrected chi connectivity index (χ3v) is 4.14. The van der Waals surface area contributed by atoms with Crippen LogP contribution in [0.2, 0.25) is 0 Å². The Bertz CT molecular complexity index is 367. The van der Waals surface area contributed by atoms with Gasteiger partial charge in [0.2, 0.25) is 5.91 Å². The fourth-order valence-electron chi connectivity index (χ4n) is 2.60. The molecular formula is C15H29N5O. The van der Waals surface area contributed by atoms with Gasteiger partial charge in [-0.2, -0.15) is 0 Å². The van der Waals surface area contributed by atoms with Gasteiger partial charge in [-0.1, -0.05) is 0 Å². The first kappa shape index (κ1) is 16.1. The molecule has 0 aromatic heterocycles. The van der Waals surface area contributed by atoms with Crippen LogP contribution in [0, 0.1) is 5.92 Å². The fraction of sp³-hybridized carbons (Fsp3) is 0.867. The van der Waals surface area contributed by atoms with E-state index in [2.05, 4.69) is 39.8 Å². The standard InChI is InChI=1S/C15H29N5O/c1-3-16-15(19-11-13-5-4-10-20(13)2)18-9-8-17-14(21)12-6-7-12/h12-13H,3-11H2,1-2H3,(H,17,21)(H2,16,18,19). The van der Waals surface area contributed by atoms with Gasteiger partial charge in [-0.15, -0.1) is 0 Å². The van der Waals surface area contributed by atoms with Gasteiger partial charge in [-0.3, -0.25) is 9.79 Å². The number of amides is 1. The summed E-state index contributed by atoms with van der Waals surface area (Å²) in [6.07, 6.45) is 4.61. The van der Waals surface area contributed by atoms with Gasteiger partial charge in [0.1, 0.15) is 0 Å². The second-order valence-electron chi connectivity index (χ2n) is 5.99. The van der Waals surface area contributed by atoms with Gasteiger partial charge in [0.25, 0.3) is 0 Å². The van der Waals surface area contributed by atoms with Crippen LogP contribution in [0.25, 0.3) is 0 Å². The Kier molecular flexibility index (Phi) is 6.29. The highest BCUT2D eigenvalue weighted by Gasteiger charge is 2.28. The number of aliphatic imine (C=N–C) groups is 1. The predicted molar refractivity (Wildman–Crippen MR) is 85.4 cm³/mol. The second-order valence-corrected chi connectivity index (χ2v) is 5.99. The molecule has 6 heteroatoms. The highest BCUT2D eigenvalue weighted by molar-refractivity contribution is 5.81. The first-order valence-corrected chi connectivity index (χ1v) is 8.21. The lowest BCUT2D eigenvalue weighted by Crippen LogP contribution is -2.42. The average molecular weight is 295 g/mol. The molecule has 0 aromatic carbocycles. The fourth-order valence-corrected chi connectivity index (χ4v) is 2.60. The summed E-state index contributed by atoms with van der Waals surface area (Å²) in [5.41, 5.74) is 0. The van der Waals surface area contributed by atoms with Crippen molar-refractivity contribution in [3.8, 4) is 0 Å². The Balaban J connectivity index is 1.66. The zero-order chi connectivity index (χ0) is 15.1. The van der Waals surface area contributed by atoms with Gasteiger partial charge < -0.3 is 20.9 Å². The van der Waals surface area contributed by atoms with Crippen LogP contribution in [-0.2, 0) is 4.79 Å². The lowest BCUT2D eigenvalue weighted by molar-refractivity contribution is -0.122. The van der Waals surface area contributed by atoms with Gasteiger partial charge in [0.05, 0.1) is 6.54 Å². The van der Waals surface area contributed by atoms with E-state index in [-0.39, 0.29) is 11.8 Å². The van der Waals surface area contributed by atoms with E-state index >= 15 is 0 Å². The average Bonchev–Trinajstić information content (AvgIpc) is 3.24. The van der Waals surface area contributed by atoms with E-state index < -0.39 is 0 Å². The summed E-state index contributed by atoms with van der Waals surface area (Å²) in [5.74, 6) is 1.33. The summed E-state index contributed by atoms with van der Waals surface area (Å²) in [7, 11) is 2.17. The number of rotatable bonds is 7. The van der Waals surface area contributed by atoms with Crippen molar-refractivity contribution in [2.24, 2.45) is 10.9 Å². The van der Waals surface area contributed by atoms with Crippen LogP contribution in [0.5, 0.6) is 0 Å². The molecule has 1 atom stereocenters. The number of nitrogens with zero attached hydrogens (tertiary/aromatic N) is 2. The first-order chi connectivity index (χ1) is 10.2. The summed E-state index contributed by atoms with van der Waals surface area (Å²) in [6, 6.07) is 0.565. The highest BCUT2D eigenvalue weighted by Crippen LogP contribution is 2.28. The van der Waals surface area contributed by atoms with E-state index in [1.165, 1.54) is 19.4 Å². The van der Waals surface area contributed by atoms with E-state index in [1.54, 1.807) is 0 Å². The molecule has 1 saturated carbocycles. The number of nitrogens with one attached hydrogen (secondary N) is 3. The number of carbonyl (C=O) groups is 1. The lowest BCUT2D eigenvalue weighted by atomic mass is 10.2. The van der Waals surface area contributed by atoms with E-state index in [0.29, 0.717) is 19.1 Å². The molecule has 2 fully saturated rings. The molecule has 6 nitrogen and oxygen atoms in total. The highest BCUT2D eigenvalue weighted by atomic mass is 16.2. The van der Waals surface area contributed by atoms with Gasteiger partial charge in [0.15, 0.2) is 5.96 Å². The maximum absolute atomic E-state index is 11.5. The smallest absolute Gasteiger partial charge is 0.223 e. The lowest BCUT2D eigenvalue weighted by Gasteiger charge is -2.18. The molecule has 0 spiro atoms. The van der Waals surface area contributed by atoms with Crippen LogP contribution < -0.4 is 16.0 Å². The van der Waals surface area contributed by atoms with Crippen LogP contribution in [-0.4, -0.2) is 62.6 Å². The number of likely N-dealkylation sites (tertiary alicyclic amines) is 1. The van der Waals surface area contributed by atoms with Crippen LogP contribution in [0.15, 0.2) is 4.99 Å². The predicted octanol–water partition coefficient (Wildman–Crippen LogP) is 0.162. The van der Waals surface area contributed by atoms with Crippen molar-refractivity contribution in [3.05, 3.63) is 0 Å². The van der Waals surface area contributed by atoms with Crippen LogP contribution in [0.4, 0.5) is 0 Å². The SMILES string of the molecule is CCNC(=NCC1CCCN1C)NCCNC(=O)C1CC1. The molecule has 1 aliphatic carbocycles. The summed E-state index contributed by atoms with van der Waals surface area (Å²) in [5, 5.41) is 9.49. The maximum atomic E-state index is 11.5. The Morgan fingerprint density at radius 1 is 1.19 bits per heavy atom. The van der Waals surface area contributed by atoms with Crippen molar-refractivity contribution in [1.29, 1.82) is 0 Å². The molecule has 1 aliphatic heterocycles. The largest absolute Gasteiger partial charge is 0.357 e. The van der Waals surface area contributed by atoms with Crippen LogP contribution in [0.1, 0.15) is 32.6 Å². The van der Waals surface area contributed by atoms with Gasteiger partial charge in [-0.25, -0.2) is 0 Å². The molecule has 0 radical (unpaired) electrons. The Hall–Kier alpha value is -1.30. The van der Waals surface area contributed by atoms with Crippen molar-refractivity contribution >= 4 is 11.9 Å². The second kappa shape index (κ2) is 8.22. The van der Waals surface area contributed by atoms with Crippen LogP contribution in [0.3, 0.4) is 0 Å². The number of guanidine groups is 1. The van der Waals surface area contributed by atoms with E-state index in [1.807, 2.05) is 0 Å². The zero-order valence-corrected chi connectivity index (χ0v) is 13.3. The number of likely N-dealkylation sites (N-methyl/N-ethyl adjacent to an activating group) is 1. The molecule has 1 saturated heterocycles. The molecule has 1 amide bonds. The monoisotopic (exact) mass is 295 g/mol. The van der Waals surface area contributed by atoms with Crippen molar-refractivity contribution in [2.75, 3.05) is 39.8 Å². The van der Waals surface area contributed by atoms with Crippen molar-refractivity contribution < 1.29 is 4.79 Å². The van der Waals surface area contributed by atoms with Gasteiger partial charge in [-0.05, 0) is 46.2 Å². The van der Waals surface area contributed by atoms with Gasteiger partial charge in [0, 0.05) is 31.6 Å². The third-order valence-electron chi connectivity index (χ3n) is 4.14. The third kappa shape index (κ3) is 5.53. The summed E-state index contributed by atoms with van der Waals surface area (Å²) in [4.78, 5) is 18.5. The minimum atomic E-state index is 0.200. The normalized spacial score (nSPS) is 23.1. The van der Waals surface area contributed by atoms with Crippen molar-refractivity contribution in [3.63, 3.8) is 0 Å². The Labute approximate surface area is 127 Å². The molecule has 120 valence electrons. The summed E-state index contributed by atoms with van der Waals surface area (Å²) in [6.45, 7) is 6.29. The van der Waals surface area contributed by atoms with E-state index in [9.17, 15) is 4.79 Å². The first-order valence-electron chi connectivity index (χ1n) is 8.21. The topological polar surface area (TPSA) is 68.8 Å². The van der Waals surface area contributed by atoms with Crippen LogP contribution >= 0.6 is 0 Å². The maximum Gasteiger partial charge on any atom is 0.223 e.